The van der Waals surface area contributed by atoms with Gasteiger partial charge in [0.1, 0.15) is 18.1 Å². The molecular formula is C32H50N2O12. The monoisotopic (exact) mass is 654 g/mol. The molecule has 0 atom stereocenters. The maximum absolute atomic E-state index is 10.8. The number of benzene rings is 2. The van der Waals surface area contributed by atoms with Crippen molar-refractivity contribution in [3.05, 3.63) is 96.1 Å². The van der Waals surface area contributed by atoms with Crippen molar-refractivity contribution in [1.82, 2.24) is 5.32 Å². The summed E-state index contributed by atoms with van der Waals surface area (Å²) in [6.07, 6.45) is 6.17. The summed E-state index contributed by atoms with van der Waals surface area (Å²) in [5, 5.41) is 27.1. The number of hydrogen-bond donors (Lipinski definition) is 5. The van der Waals surface area contributed by atoms with E-state index in [1.807, 2.05) is 0 Å². The molecule has 2 aromatic rings. The number of aromatic hydroxyl groups is 1. The van der Waals surface area contributed by atoms with E-state index in [2.05, 4.69) is 17.6 Å². The van der Waals surface area contributed by atoms with E-state index >= 15 is 0 Å². The lowest BCUT2D eigenvalue weighted by molar-refractivity contribution is -0.191. The van der Waals surface area contributed by atoms with E-state index in [0.717, 1.165) is 23.6 Å². The third-order valence-corrected chi connectivity index (χ3v) is 3.80. The van der Waals surface area contributed by atoms with Crippen LogP contribution in [-0.2, 0) is 41.9 Å². The lowest BCUT2D eigenvalue weighted by atomic mass is 10.1. The molecule has 0 fully saturated rings. The summed E-state index contributed by atoms with van der Waals surface area (Å²) in [5.41, 5.74) is 7.01. The second-order valence-corrected chi connectivity index (χ2v) is 7.13. The van der Waals surface area contributed by atoms with Gasteiger partial charge < -0.3 is 41.3 Å². The normalized spacial score (nSPS) is 9.00. The number of nitrogens with two attached hydrogens (primary N) is 1. The van der Waals surface area contributed by atoms with Crippen LogP contribution < -0.4 is 15.8 Å². The number of rotatable bonds is 4. The Morgan fingerprint density at radius 2 is 1.28 bits per heavy atom. The Morgan fingerprint density at radius 1 is 0.891 bits per heavy atom. The van der Waals surface area contributed by atoms with Gasteiger partial charge in [-0.15, -0.1) is 0 Å². The molecule has 0 aliphatic heterocycles. The molecule has 0 bridgehead atoms. The fourth-order valence-electron chi connectivity index (χ4n) is 2.13. The Labute approximate surface area is 272 Å². The van der Waals surface area contributed by atoms with Crippen LogP contribution in [0.25, 0.3) is 0 Å². The molecule has 14 heteroatoms. The maximum atomic E-state index is 10.8. The number of carbonyl (C=O) groups is 4. The Kier molecular flexibility index (Phi) is 46.1. The number of phenolic OH excluding ortho intramolecular Hbond substituents is 1. The van der Waals surface area contributed by atoms with Crippen LogP contribution in [0.3, 0.4) is 0 Å². The molecule has 46 heavy (non-hydrogen) atoms. The number of nitrogens with one attached hydrogen (secondary N) is 1. The van der Waals surface area contributed by atoms with Crippen molar-refractivity contribution in [3.8, 4) is 11.5 Å². The summed E-state index contributed by atoms with van der Waals surface area (Å²) < 4.78 is 9.70. The quantitative estimate of drug-likeness (QED) is 0.225. The summed E-state index contributed by atoms with van der Waals surface area (Å²) in [7, 11) is 2.99. The topological polar surface area (TPSA) is 250 Å². The molecule has 3 rings (SSSR count). The van der Waals surface area contributed by atoms with E-state index in [1.165, 1.54) is 33.2 Å². The predicted molar refractivity (Wildman–Crippen MR) is 175 cm³/mol. The number of ketones is 1. The number of ether oxygens (including phenoxy) is 2. The number of aliphatic hydroxyl groups excluding tert-OH is 1. The van der Waals surface area contributed by atoms with Crippen molar-refractivity contribution in [2.75, 3.05) is 14.1 Å². The number of carbonyl (C=O) groups excluding carboxylic acids is 5. The highest BCUT2D eigenvalue weighted by molar-refractivity contribution is 6.01. The number of esters is 1. The molecule has 7 N–H and O–H groups in total. The van der Waals surface area contributed by atoms with Crippen LogP contribution in [0.15, 0.2) is 85.0 Å². The fraction of sp³-hybridized carbons (Fsp3) is 0.281. The van der Waals surface area contributed by atoms with Gasteiger partial charge in [-0.25, -0.2) is 4.79 Å². The van der Waals surface area contributed by atoms with Crippen LogP contribution in [0.4, 0.5) is 4.79 Å². The summed E-state index contributed by atoms with van der Waals surface area (Å²) in [6, 6.07) is 13.2. The number of amides is 1. The van der Waals surface area contributed by atoms with E-state index in [0.29, 0.717) is 5.75 Å². The van der Waals surface area contributed by atoms with Crippen LogP contribution in [-0.4, -0.2) is 64.9 Å². The first-order valence-electron chi connectivity index (χ1n) is 11.7. The zero-order valence-corrected chi connectivity index (χ0v) is 24.2. The molecule has 0 aromatic heterocycles. The first kappa shape index (κ1) is 56.4. The van der Waals surface area contributed by atoms with E-state index in [4.69, 9.17) is 39.2 Å². The minimum atomic E-state index is -0.833. The number of aliphatic hydroxyl groups is 1. The van der Waals surface area contributed by atoms with Crippen LogP contribution in [0.1, 0.15) is 48.7 Å². The van der Waals surface area contributed by atoms with Crippen molar-refractivity contribution in [2.45, 2.75) is 49.3 Å². The van der Waals surface area contributed by atoms with E-state index in [-0.39, 0.29) is 66.1 Å². The van der Waals surface area contributed by atoms with Crippen molar-refractivity contribution in [1.29, 1.82) is 0 Å². The van der Waals surface area contributed by atoms with E-state index in [1.54, 1.807) is 60.7 Å². The highest BCUT2D eigenvalue weighted by Crippen LogP contribution is 2.13. The average molecular weight is 655 g/mol. The highest BCUT2D eigenvalue weighted by Gasteiger charge is 2.01. The summed E-state index contributed by atoms with van der Waals surface area (Å²) in [5.74, 6) is -0.463. The summed E-state index contributed by atoms with van der Waals surface area (Å²) in [6.45, 7) is 6.25. The molecule has 2 aromatic carbocycles. The smallest absolute Gasteiger partial charge is 0.870 e. The van der Waals surface area contributed by atoms with Gasteiger partial charge in [-0.2, -0.15) is 9.59 Å². The molecule has 0 heterocycles. The Balaban J connectivity index is -0.0000000712. The minimum absolute atomic E-state index is 0. The van der Waals surface area contributed by atoms with Gasteiger partial charge in [0.25, 0.3) is 5.97 Å². The van der Waals surface area contributed by atoms with Crippen LogP contribution >= 0.6 is 0 Å². The third-order valence-electron chi connectivity index (χ3n) is 3.80. The van der Waals surface area contributed by atoms with Gasteiger partial charge in [-0.1, -0.05) is 65.3 Å². The second-order valence-electron chi connectivity index (χ2n) is 7.13. The summed E-state index contributed by atoms with van der Waals surface area (Å²) >= 11 is 0. The minimum Gasteiger partial charge on any atom is -0.870 e. The molecule has 1 amide bonds. The molecule has 0 unspecified atom stereocenters. The molecule has 14 nitrogen and oxygen atoms in total. The van der Waals surface area contributed by atoms with Crippen LogP contribution in [0.2, 0.25) is 0 Å². The van der Waals surface area contributed by atoms with Gasteiger partial charge >= 0.3 is 19.6 Å². The third kappa shape index (κ3) is 38.6. The molecule has 1 aliphatic carbocycles. The molecule has 0 radical (unpaired) electrons. The first-order chi connectivity index (χ1) is 19.9. The number of hydrogen-bond acceptors (Lipinski definition) is 12. The van der Waals surface area contributed by atoms with Crippen LogP contribution in [0, 0.1) is 0 Å². The van der Waals surface area contributed by atoms with Crippen molar-refractivity contribution in [2.24, 2.45) is 5.73 Å². The molecular weight excluding hydrogens is 604 g/mol. The van der Waals surface area contributed by atoms with Gasteiger partial charge in [-0.05, 0) is 60.2 Å². The number of aliphatic carboxylic acids is 1. The van der Waals surface area contributed by atoms with Gasteiger partial charge in [-0.3, -0.25) is 14.4 Å². The van der Waals surface area contributed by atoms with E-state index in [9.17, 15) is 14.4 Å². The SMILES string of the molecule is C.C.C.C=C1C=CC(=O)C=C1.CC(=O)O.CN.CNC(=O)OCc1ccc(OC(C)=O)cc1.O=C=O.OCc1ccc(O)cc1.[H+].[OH-]. The van der Waals surface area contributed by atoms with Crippen LogP contribution in [0.5, 0.6) is 11.5 Å². The first-order valence-corrected chi connectivity index (χ1v) is 11.7. The predicted octanol–water partition coefficient (Wildman–Crippen LogP) is 4.52. The number of carboxylic acid groups (broad SMARTS) is 1. The molecule has 1 aliphatic rings. The Hall–Kier alpha value is -5.40. The zero-order chi connectivity index (χ0) is 32.9. The second kappa shape index (κ2) is 37.6. The lowest BCUT2D eigenvalue weighted by Crippen LogP contribution is -2.18. The van der Waals surface area contributed by atoms with Gasteiger partial charge in [0.2, 0.25) is 0 Å². The van der Waals surface area contributed by atoms with Crippen molar-refractivity contribution >= 4 is 30.0 Å². The average Bonchev–Trinajstić information content (AvgIpc) is 2.96. The summed E-state index contributed by atoms with van der Waals surface area (Å²) in [4.78, 5) is 57.1. The Bertz CT molecular complexity index is 1150. The van der Waals surface area contributed by atoms with Crippen molar-refractivity contribution < 1.29 is 60.5 Å². The molecule has 0 saturated heterocycles. The highest BCUT2D eigenvalue weighted by atomic mass is 16.5. The Morgan fingerprint density at radius 3 is 1.61 bits per heavy atom. The zero-order valence-electron chi connectivity index (χ0n) is 25.2. The maximum Gasteiger partial charge on any atom is 1.00 e. The number of carboxylic acids is 1. The standard InChI is InChI=1S/C11H13NO4.C7H8O2.C7H6O.C2H4O2.CH5N.CO2.3CH4.H2O/c1-8(13)16-10-5-3-9(4-6-10)7-15-11(14)12-2;8-5-6-1-3-7(9)4-2-6;1-6-2-4-7(8)5-3-6;1-2(3)4;1-2;2-1-3;;;;/h3-6H,7H2,1-2H3,(H,12,14);1-4,8-9H,5H2;2-5H,1H2;1H3,(H,3,4);2H2,1H3;;3*1H4;1H2. The molecule has 260 valence electrons. The lowest BCUT2D eigenvalue weighted by Gasteiger charge is -2.05. The number of phenols is 1. The number of alkyl carbamates (subject to hydrolysis) is 1. The van der Waals surface area contributed by atoms with Crippen molar-refractivity contribution in [3.63, 3.8) is 0 Å². The molecule has 0 spiro atoms. The fourth-order valence-corrected chi connectivity index (χ4v) is 2.13. The molecule has 0 saturated carbocycles. The van der Waals surface area contributed by atoms with Gasteiger partial charge in [0, 0.05) is 20.9 Å². The van der Waals surface area contributed by atoms with Gasteiger partial charge in [0.05, 0.1) is 6.61 Å². The van der Waals surface area contributed by atoms with Gasteiger partial charge in [0.15, 0.2) is 5.78 Å². The number of allylic oxidation sites excluding steroid dienone is 5. The largest absolute Gasteiger partial charge is 1.00 e. The van der Waals surface area contributed by atoms with E-state index < -0.39 is 12.1 Å².